The number of hydrogen-bond donors (Lipinski definition) is 3. The molecule has 2 saturated heterocycles. The minimum Gasteiger partial charge on any atom is -0.365 e. The highest BCUT2D eigenvalue weighted by Crippen LogP contribution is 2.38. The second kappa shape index (κ2) is 11.7. The van der Waals surface area contributed by atoms with Crippen LogP contribution in [0.15, 0.2) is 0 Å². The molecule has 0 spiro atoms. The van der Waals surface area contributed by atoms with E-state index in [1.165, 1.54) is 70.6 Å². The molecule has 0 radical (unpaired) electrons. The molecule has 2 aliphatic heterocycles. The van der Waals surface area contributed by atoms with Crippen LogP contribution in [-0.2, 0) is 11.4 Å². The normalized spacial score (nSPS) is 28.4. The summed E-state index contributed by atoms with van der Waals surface area (Å²) in [5, 5.41) is 6.57. The van der Waals surface area contributed by atoms with Crippen molar-refractivity contribution in [2.24, 2.45) is 23.7 Å². The Kier molecular flexibility index (Phi) is 8.06. The quantitative estimate of drug-likeness (QED) is 0.353. The van der Waals surface area contributed by atoms with Gasteiger partial charge in [0, 0.05) is 25.2 Å². The largest absolute Gasteiger partial charge is 0.427 e. The monoisotopic (exact) mass is 552 g/mol. The lowest BCUT2D eigenvalue weighted by molar-refractivity contribution is 0.120. The van der Waals surface area contributed by atoms with Gasteiger partial charge >= 0.3 is 6.09 Å². The van der Waals surface area contributed by atoms with Crippen LogP contribution in [-0.4, -0.2) is 44.2 Å². The Balaban J connectivity index is 1.45. The Hall–Kier alpha value is -2.62. The number of rotatable bonds is 9. The van der Waals surface area contributed by atoms with Crippen LogP contribution in [0, 0.1) is 23.7 Å². The Morgan fingerprint density at radius 1 is 1.00 bits per heavy atom. The van der Waals surface area contributed by atoms with E-state index in [1.807, 2.05) is 0 Å². The number of nitrogens with one attached hydrogen (secondary N) is 3. The molecule has 2 aromatic heterocycles. The first kappa shape index (κ1) is 27.5. The van der Waals surface area contributed by atoms with Crippen LogP contribution in [0.3, 0.4) is 0 Å². The Morgan fingerprint density at radius 3 is 2.48 bits per heavy atom. The molecule has 10 nitrogen and oxygen atoms in total. The molecule has 6 rings (SSSR count). The molecule has 4 heterocycles. The van der Waals surface area contributed by atoms with Gasteiger partial charge in [-0.2, -0.15) is 4.98 Å². The van der Waals surface area contributed by atoms with Crippen LogP contribution in [0.1, 0.15) is 110 Å². The van der Waals surface area contributed by atoms with E-state index in [0.29, 0.717) is 41.3 Å². The molecular weight excluding hydrogens is 504 g/mol. The molecule has 3 N–H and O–H groups in total. The smallest absolute Gasteiger partial charge is 0.365 e. The fraction of sp³-hybridized carbons (Fsp3) is 0.800. The summed E-state index contributed by atoms with van der Waals surface area (Å²) in [4.78, 5) is 34.6. The van der Waals surface area contributed by atoms with Gasteiger partial charge in [0.15, 0.2) is 23.5 Å². The molecule has 2 aromatic rings. The van der Waals surface area contributed by atoms with Crippen LogP contribution in [0.2, 0.25) is 0 Å². The molecular formula is C30H48N8O2. The predicted molar refractivity (Wildman–Crippen MR) is 157 cm³/mol. The van der Waals surface area contributed by atoms with Crippen LogP contribution < -0.4 is 21.0 Å². The second-order valence-corrected chi connectivity index (χ2v) is 13.4. The Labute approximate surface area is 238 Å². The zero-order chi connectivity index (χ0) is 27.8. The van der Waals surface area contributed by atoms with E-state index in [9.17, 15) is 4.79 Å². The van der Waals surface area contributed by atoms with Gasteiger partial charge in [0.05, 0.1) is 0 Å². The Morgan fingerprint density at radius 2 is 1.80 bits per heavy atom. The van der Waals surface area contributed by atoms with Crippen molar-refractivity contribution in [2.45, 2.75) is 123 Å². The summed E-state index contributed by atoms with van der Waals surface area (Å²) in [6.07, 6.45) is 12.6. The summed E-state index contributed by atoms with van der Waals surface area (Å²) in [7, 11) is 0. The van der Waals surface area contributed by atoms with Gasteiger partial charge in [-0.1, -0.05) is 40.0 Å². The lowest BCUT2D eigenvalue weighted by atomic mass is 9.80. The highest BCUT2D eigenvalue weighted by molar-refractivity contribution is 5.86. The summed E-state index contributed by atoms with van der Waals surface area (Å²) in [5.41, 5.74) is 4.44. The van der Waals surface area contributed by atoms with Crippen LogP contribution >= 0.6 is 0 Å². The van der Waals surface area contributed by atoms with Crippen molar-refractivity contribution in [3.8, 4) is 0 Å². The molecule has 4 aliphatic rings. The number of fused-ring (bicyclic) bond motifs is 1. The van der Waals surface area contributed by atoms with Gasteiger partial charge in [-0.3, -0.25) is 5.32 Å². The maximum atomic E-state index is 11.8. The van der Waals surface area contributed by atoms with Gasteiger partial charge in [-0.15, -0.1) is 5.48 Å². The minimum atomic E-state index is -0.603. The highest BCUT2D eigenvalue weighted by atomic mass is 16.7. The molecule has 0 aromatic carbocycles. The number of carbonyl (C=O) groups excluding carboxylic acids is 1. The lowest BCUT2D eigenvalue weighted by Gasteiger charge is -2.38. The van der Waals surface area contributed by atoms with Gasteiger partial charge in [-0.05, 0) is 82.0 Å². The first-order valence-electron chi connectivity index (χ1n) is 15.9. The molecule has 4 fully saturated rings. The van der Waals surface area contributed by atoms with Crippen molar-refractivity contribution in [1.29, 1.82) is 0 Å². The summed E-state index contributed by atoms with van der Waals surface area (Å²) in [6, 6.07) is 0.783. The average molecular weight is 553 g/mol. The molecule has 220 valence electrons. The van der Waals surface area contributed by atoms with Crippen molar-refractivity contribution in [1.82, 2.24) is 30.3 Å². The number of carbonyl (C=O) groups is 1. The fourth-order valence-electron chi connectivity index (χ4n) is 7.17. The van der Waals surface area contributed by atoms with Crippen molar-refractivity contribution < 1.29 is 9.63 Å². The van der Waals surface area contributed by atoms with Crippen LogP contribution in [0.25, 0.3) is 11.2 Å². The van der Waals surface area contributed by atoms with E-state index >= 15 is 0 Å². The van der Waals surface area contributed by atoms with Crippen molar-refractivity contribution in [2.75, 3.05) is 16.8 Å². The van der Waals surface area contributed by atoms with E-state index in [2.05, 4.69) is 53.3 Å². The molecule has 40 heavy (non-hydrogen) atoms. The number of anilines is 2. The van der Waals surface area contributed by atoms with E-state index < -0.39 is 12.3 Å². The third kappa shape index (κ3) is 5.74. The topological polar surface area (TPSA) is 109 Å². The summed E-state index contributed by atoms with van der Waals surface area (Å²) < 4.78 is 2.46. The molecule has 2 saturated carbocycles. The zero-order valence-corrected chi connectivity index (χ0v) is 24.8. The SMILES string of the molecule is CC(C)C[C@@H]1CCCCN1c1nc2nc(C3NOC(=O)N3)nc(N[C@H](C)C3CCC3)c2n1CC1CCC(C)CC1. The first-order chi connectivity index (χ1) is 19.4. The molecule has 3 atom stereocenters. The summed E-state index contributed by atoms with van der Waals surface area (Å²) >= 11 is 0. The summed E-state index contributed by atoms with van der Waals surface area (Å²) in [5.74, 6) is 5.06. The van der Waals surface area contributed by atoms with Gasteiger partial charge in [0.1, 0.15) is 5.52 Å². The average Bonchev–Trinajstić information content (AvgIpc) is 3.48. The van der Waals surface area contributed by atoms with Gasteiger partial charge in [-0.25, -0.2) is 14.8 Å². The van der Waals surface area contributed by atoms with Crippen molar-refractivity contribution in [3.63, 3.8) is 0 Å². The Bertz CT molecular complexity index is 1190. The lowest BCUT2D eigenvalue weighted by Crippen LogP contribution is -2.42. The van der Waals surface area contributed by atoms with Gasteiger partial charge in [0.25, 0.3) is 0 Å². The molecule has 1 unspecified atom stereocenters. The molecule has 0 bridgehead atoms. The third-order valence-electron chi connectivity index (χ3n) is 9.82. The number of amides is 1. The predicted octanol–water partition coefficient (Wildman–Crippen LogP) is 5.90. The van der Waals surface area contributed by atoms with Gasteiger partial charge < -0.3 is 19.6 Å². The number of piperidine rings is 1. The van der Waals surface area contributed by atoms with Crippen LogP contribution in [0.4, 0.5) is 16.6 Å². The highest BCUT2D eigenvalue weighted by Gasteiger charge is 2.34. The van der Waals surface area contributed by atoms with E-state index in [-0.39, 0.29) is 0 Å². The number of hydroxylamine groups is 1. The molecule has 10 heteroatoms. The van der Waals surface area contributed by atoms with Crippen molar-refractivity contribution >= 4 is 29.0 Å². The van der Waals surface area contributed by atoms with E-state index in [0.717, 1.165) is 36.3 Å². The van der Waals surface area contributed by atoms with Gasteiger partial charge in [0.2, 0.25) is 5.95 Å². The first-order valence-corrected chi connectivity index (χ1v) is 15.9. The molecule has 2 aliphatic carbocycles. The second-order valence-electron chi connectivity index (χ2n) is 13.4. The maximum absolute atomic E-state index is 11.8. The third-order valence-corrected chi connectivity index (χ3v) is 9.82. The zero-order valence-electron chi connectivity index (χ0n) is 24.8. The van der Waals surface area contributed by atoms with E-state index in [4.69, 9.17) is 19.8 Å². The summed E-state index contributed by atoms with van der Waals surface area (Å²) in [6.45, 7) is 11.3. The maximum Gasteiger partial charge on any atom is 0.427 e. The number of nitrogens with zero attached hydrogens (tertiary/aromatic N) is 5. The standard InChI is InChI=1S/C30H48N8O2/c1-18(2)16-23-10-5-6-15-37(23)29-34-26-24(38(29)17-21-13-11-19(3)12-14-21)25(31-20(4)22-8-7-9-22)32-27(33-26)28-35-30(39)40-36-28/h18-23,28,36H,5-17H2,1-4H3,(H,35,39)(H,31,32,33)/t19?,20-,21?,23+,28?/m1/s1. The fourth-order valence-corrected chi connectivity index (χ4v) is 7.17. The molecule has 1 amide bonds. The van der Waals surface area contributed by atoms with E-state index in [1.54, 1.807) is 0 Å². The minimum absolute atomic E-state index is 0.299. The number of hydrogen-bond acceptors (Lipinski definition) is 8. The number of aromatic nitrogens is 4. The van der Waals surface area contributed by atoms with Crippen LogP contribution in [0.5, 0.6) is 0 Å². The number of imidazole rings is 1. The van der Waals surface area contributed by atoms with Crippen molar-refractivity contribution in [3.05, 3.63) is 5.82 Å².